The zero-order chi connectivity index (χ0) is 18.6. The molecule has 4 rings (SSSR count). The van der Waals surface area contributed by atoms with Crippen molar-refractivity contribution < 1.29 is 9.26 Å². The molecule has 1 fully saturated rings. The van der Waals surface area contributed by atoms with Gasteiger partial charge in [-0.2, -0.15) is 0 Å². The quantitative estimate of drug-likeness (QED) is 0.656. The van der Waals surface area contributed by atoms with Crippen molar-refractivity contribution in [3.05, 3.63) is 65.4 Å². The maximum absolute atomic E-state index is 6.11. The SMILES string of the molecule is COc1ccccc1-c1cc(CN2CCN(c3cccc(Cl)c3)CC2)on1. The molecule has 0 spiro atoms. The van der Waals surface area contributed by atoms with E-state index in [4.69, 9.17) is 20.9 Å². The Balaban J connectivity index is 1.38. The largest absolute Gasteiger partial charge is 0.496 e. The second kappa shape index (κ2) is 8.03. The predicted octanol–water partition coefficient (Wildman–Crippen LogP) is 4.33. The molecular formula is C21H22ClN3O2. The first-order valence-corrected chi connectivity index (χ1v) is 9.42. The standard InChI is InChI=1S/C21H22ClN3O2/c1-26-21-8-3-2-7-19(21)20-14-18(27-23-20)15-24-9-11-25(12-10-24)17-6-4-5-16(22)13-17/h2-8,13-14H,9-12,15H2,1H3. The summed E-state index contributed by atoms with van der Waals surface area (Å²) in [6.07, 6.45) is 0. The lowest BCUT2D eigenvalue weighted by Gasteiger charge is -2.35. The van der Waals surface area contributed by atoms with Crippen molar-refractivity contribution in [1.29, 1.82) is 0 Å². The summed E-state index contributed by atoms with van der Waals surface area (Å²) in [6.45, 7) is 4.63. The number of halogens is 1. The van der Waals surface area contributed by atoms with Crippen molar-refractivity contribution >= 4 is 17.3 Å². The topological polar surface area (TPSA) is 41.7 Å². The molecule has 1 aliphatic rings. The van der Waals surface area contributed by atoms with Gasteiger partial charge in [0.05, 0.1) is 13.7 Å². The van der Waals surface area contributed by atoms with E-state index in [1.165, 1.54) is 5.69 Å². The van der Waals surface area contributed by atoms with E-state index in [9.17, 15) is 0 Å². The summed E-state index contributed by atoms with van der Waals surface area (Å²) < 4.78 is 11.0. The molecule has 0 bridgehead atoms. The minimum absolute atomic E-state index is 0.755. The van der Waals surface area contributed by atoms with Crippen LogP contribution in [0.3, 0.4) is 0 Å². The second-order valence-electron chi connectivity index (χ2n) is 6.62. The molecule has 5 nitrogen and oxygen atoms in total. The molecule has 0 saturated carbocycles. The molecule has 1 aromatic heterocycles. The van der Waals surface area contributed by atoms with Gasteiger partial charge in [-0.1, -0.05) is 35.0 Å². The molecule has 0 N–H and O–H groups in total. The number of benzene rings is 2. The van der Waals surface area contributed by atoms with E-state index in [1.807, 2.05) is 48.5 Å². The van der Waals surface area contributed by atoms with Gasteiger partial charge in [-0.05, 0) is 30.3 Å². The van der Waals surface area contributed by atoms with Gasteiger partial charge in [-0.25, -0.2) is 0 Å². The van der Waals surface area contributed by atoms with Crippen LogP contribution < -0.4 is 9.64 Å². The second-order valence-corrected chi connectivity index (χ2v) is 7.06. The monoisotopic (exact) mass is 383 g/mol. The van der Waals surface area contributed by atoms with E-state index in [0.717, 1.165) is 60.5 Å². The highest BCUT2D eigenvalue weighted by atomic mass is 35.5. The molecule has 0 atom stereocenters. The fourth-order valence-corrected chi connectivity index (χ4v) is 3.61. The zero-order valence-corrected chi connectivity index (χ0v) is 16.0. The summed E-state index contributed by atoms with van der Waals surface area (Å²) in [7, 11) is 1.67. The average Bonchev–Trinajstić information content (AvgIpc) is 3.17. The summed E-state index contributed by atoms with van der Waals surface area (Å²) in [5, 5.41) is 5.00. The van der Waals surface area contributed by atoms with Gasteiger partial charge in [-0.15, -0.1) is 0 Å². The summed E-state index contributed by atoms with van der Waals surface area (Å²) in [6, 6.07) is 17.9. The Morgan fingerprint density at radius 2 is 1.85 bits per heavy atom. The van der Waals surface area contributed by atoms with Gasteiger partial charge in [0.25, 0.3) is 0 Å². The number of aromatic nitrogens is 1. The van der Waals surface area contributed by atoms with E-state index >= 15 is 0 Å². The molecule has 0 unspecified atom stereocenters. The van der Waals surface area contributed by atoms with Gasteiger partial charge in [-0.3, -0.25) is 4.90 Å². The molecule has 27 heavy (non-hydrogen) atoms. The Kier molecular flexibility index (Phi) is 5.32. The van der Waals surface area contributed by atoms with E-state index in [0.29, 0.717) is 0 Å². The van der Waals surface area contributed by atoms with Crippen molar-refractivity contribution in [1.82, 2.24) is 10.1 Å². The van der Waals surface area contributed by atoms with Crippen molar-refractivity contribution in [2.24, 2.45) is 0 Å². The van der Waals surface area contributed by atoms with E-state index in [2.05, 4.69) is 21.0 Å². The first kappa shape index (κ1) is 17.9. The van der Waals surface area contributed by atoms with Gasteiger partial charge in [0.15, 0.2) is 5.76 Å². The summed E-state index contributed by atoms with van der Waals surface area (Å²) in [4.78, 5) is 4.75. The number of hydrogen-bond acceptors (Lipinski definition) is 5. The first-order chi connectivity index (χ1) is 13.2. The third-order valence-corrected chi connectivity index (χ3v) is 5.10. The lowest BCUT2D eigenvalue weighted by atomic mass is 10.1. The number of hydrogen-bond donors (Lipinski definition) is 0. The molecule has 1 aliphatic heterocycles. The van der Waals surface area contributed by atoms with Crippen LogP contribution in [0.15, 0.2) is 59.1 Å². The minimum Gasteiger partial charge on any atom is -0.496 e. The van der Waals surface area contributed by atoms with Crippen LogP contribution in [0.1, 0.15) is 5.76 Å². The predicted molar refractivity (Wildman–Crippen MR) is 107 cm³/mol. The third-order valence-electron chi connectivity index (χ3n) is 4.87. The molecule has 2 aromatic carbocycles. The highest BCUT2D eigenvalue weighted by Crippen LogP contribution is 2.29. The van der Waals surface area contributed by atoms with Crippen LogP contribution in [-0.2, 0) is 6.54 Å². The maximum atomic E-state index is 6.11. The molecule has 0 radical (unpaired) electrons. The fraction of sp³-hybridized carbons (Fsp3) is 0.286. The van der Waals surface area contributed by atoms with Gasteiger partial charge in [0.2, 0.25) is 0 Å². The highest BCUT2D eigenvalue weighted by Gasteiger charge is 2.19. The lowest BCUT2D eigenvalue weighted by molar-refractivity contribution is 0.220. The zero-order valence-electron chi connectivity index (χ0n) is 15.3. The number of para-hydroxylation sites is 1. The van der Waals surface area contributed by atoms with Crippen molar-refractivity contribution in [2.75, 3.05) is 38.2 Å². The van der Waals surface area contributed by atoms with Crippen LogP contribution in [0.4, 0.5) is 5.69 Å². The summed E-state index contributed by atoms with van der Waals surface area (Å²) in [5.74, 6) is 1.67. The van der Waals surface area contributed by atoms with E-state index < -0.39 is 0 Å². The molecule has 3 aromatic rings. The Hall–Kier alpha value is -2.50. The molecule has 6 heteroatoms. The van der Waals surface area contributed by atoms with Crippen LogP contribution in [0.2, 0.25) is 5.02 Å². The van der Waals surface area contributed by atoms with Crippen molar-refractivity contribution in [3.8, 4) is 17.0 Å². The molecule has 2 heterocycles. The minimum atomic E-state index is 0.755. The van der Waals surface area contributed by atoms with Crippen molar-refractivity contribution in [2.45, 2.75) is 6.54 Å². The number of nitrogens with zero attached hydrogens (tertiary/aromatic N) is 3. The number of piperazine rings is 1. The summed E-state index contributed by atoms with van der Waals surface area (Å²) >= 11 is 6.11. The average molecular weight is 384 g/mol. The first-order valence-electron chi connectivity index (χ1n) is 9.05. The number of ether oxygens (including phenoxy) is 1. The number of anilines is 1. The Labute approximate surface area is 164 Å². The van der Waals surface area contributed by atoms with Crippen LogP contribution >= 0.6 is 11.6 Å². The van der Waals surface area contributed by atoms with E-state index in [-0.39, 0.29) is 0 Å². The van der Waals surface area contributed by atoms with Crippen LogP contribution in [0, 0.1) is 0 Å². The maximum Gasteiger partial charge on any atom is 0.151 e. The normalized spacial score (nSPS) is 15.1. The third kappa shape index (κ3) is 4.10. The molecule has 0 aliphatic carbocycles. The molecule has 140 valence electrons. The van der Waals surface area contributed by atoms with Crippen LogP contribution in [0.25, 0.3) is 11.3 Å². The van der Waals surface area contributed by atoms with Gasteiger partial charge in [0.1, 0.15) is 11.4 Å². The van der Waals surface area contributed by atoms with Crippen LogP contribution in [0.5, 0.6) is 5.75 Å². The Morgan fingerprint density at radius 3 is 2.63 bits per heavy atom. The van der Waals surface area contributed by atoms with Gasteiger partial charge < -0.3 is 14.2 Å². The van der Waals surface area contributed by atoms with Crippen molar-refractivity contribution in [3.63, 3.8) is 0 Å². The number of rotatable bonds is 5. The van der Waals surface area contributed by atoms with Gasteiger partial charge in [0, 0.05) is 48.5 Å². The molecule has 0 amide bonds. The summed E-state index contributed by atoms with van der Waals surface area (Å²) in [5.41, 5.74) is 2.93. The fourth-order valence-electron chi connectivity index (χ4n) is 3.43. The van der Waals surface area contributed by atoms with Crippen LogP contribution in [-0.4, -0.2) is 43.3 Å². The van der Waals surface area contributed by atoms with E-state index in [1.54, 1.807) is 7.11 Å². The molecular weight excluding hydrogens is 362 g/mol. The highest BCUT2D eigenvalue weighted by molar-refractivity contribution is 6.30. The van der Waals surface area contributed by atoms with Gasteiger partial charge >= 0.3 is 0 Å². The lowest BCUT2D eigenvalue weighted by Crippen LogP contribution is -2.45. The Bertz CT molecular complexity index is 904. The number of methoxy groups -OCH3 is 1. The molecule has 1 saturated heterocycles. The smallest absolute Gasteiger partial charge is 0.151 e. The Morgan fingerprint density at radius 1 is 1.04 bits per heavy atom.